The minimum absolute atomic E-state index is 0.0231. The Morgan fingerprint density at radius 3 is 2.93 bits per heavy atom. The number of aromatic nitrogens is 2. The lowest BCUT2D eigenvalue weighted by atomic mass is 9.80. The standard InChI is InChI=1S/C21H26N4O2/c1-17-5-2-7-19(23-17)20(26)25-10-4-8-21(15-25)14-24(11-12-27-16-21)18-6-3-9-22-13-18/h2-3,5-7,9,13H,4,8,10-12,14-16H2,1H3/t21-/m1/s1. The number of nitrogens with zero attached hydrogens (tertiary/aromatic N) is 4. The molecule has 0 N–H and O–H groups in total. The fourth-order valence-corrected chi connectivity index (χ4v) is 4.21. The molecule has 0 aliphatic carbocycles. The highest BCUT2D eigenvalue weighted by Crippen LogP contribution is 2.34. The zero-order valence-corrected chi connectivity index (χ0v) is 15.8. The Hall–Kier alpha value is -2.47. The number of rotatable bonds is 2. The lowest BCUT2D eigenvalue weighted by Gasteiger charge is -2.43. The van der Waals surface area contributed by atoms with Crippen LogP contribution in [0.1, 0.15) is 29.0 Å². The summed E-state index contributed by atoms with van der Waals surface area (Å²) in [5.41, 5.74) is 2.47. The molecule has 1 amide bonds. The van der Waals surface area contributed by atoms with Crippen molar-refractivity contribution < 1.29 is 9.53 Å². The number of hydrogen-bond acceptors (Lipinski definition) is 5. The van der Waals surface area contributed by atoms with Crippen molar-refractivity contribution in [2.75, 3.05) is 44.3 Å². The van der Waals surface area contributed by atoms with Crippen molar-refractivity contribution in [3.8, 4) is 0 Å². The van der Waals surface area contributed by atoms with Crippen molar-refractivity contribution in [3.05, 3.63) is 54.1 Å². The maximum absolute atomic E-state index is 13.0. The first-order chi connectivity index (χ1) is 13.2. The van der Waals surface area contributed by atoms with Gasteiger partial charge in [0.25, 0.3) is 5.91 Å². The molecule has 4 rings (SSSR count). The van der Waals surface area contributed by atoms with Gasteiger partial charge in [-0.2, -0.15) is 0 Å². The summed E-state index contributed by atoms with van der Waals surface area (Å²) < 4.78 is 5.98. The molecule has 27 heavy (non-hydrogen) atoms. The second-order valence-corrected chi connectivity index (χ2v) is 7.68. The molecule has 4 heterocycles. The van der Waals surface area contributed by atoms with Crippen LogP contribution in [0.25, 0.3) is 0 Å². The van der Waals surface area contributed by atoms with E-state index in [0.29, 0.717) is 25.5 Å². The molecule has 0 saturated carbocycles. The number of carbonyl (C=O) groups excluding carboxylic acids is 1. The summed E-state index contributed by atoms with van der Waals surface area (Å²) in [4.78, 5) is 26.0. The first kappa shape index (κ1) is 17.9. The molecule has 0 radical (unpaired) electrons. The third-order valence-electron chi connectivity index (χ3n) is 5.51. The maximum atomic E-state index is 13.0. The van der Waals surface area contributed by atoms with E-state index in [0.717, 1.165) is 43.9 Å². The highest BCUT2D eigenvalue weighted by Gasteiger charge is 2.40. The molecule has 0 unspecified atom stereocenters. The fourth-order valence-electron chi connectivity index (χ4n) is 4.21. The second kappa shape index (κ2) is 7.64. The average molecular weight is 366 g/mol. The van der Waals surface area contributed by atoms with Gasteiger partial charge in [-0.05, 0) is 44.0 Å². The Kier molecular flexibility index (Phi) is 5.07. The number of hydrogen-bond donors (Lipinski definition) is 0. The lowest BCUT2D eigenvalue weighted by molar-refractivity contribution is 0.0133. The molecule has 2 aromatic rings. The average Bonchev–Trinajstić information content (AvgIpc) is 2.91. The quantitative estimate of drug-likeness (QED) is 0.817. The highest BCUT2D eigenvalue weighted by atomic mass is 16.5. The topological polar surface area (TPSA) is 58.6 Å². The van der Waals surface area contributed by atoms with E-state index in [1.165, 1.54) is 0 Å². The monoisotopic (exact) mass is 366 g/mol. The smallest absolute Gasteiger partial charge is 0.272 e. The molecule has 0 aromatic carbocycles. The van der Waals surface area contributed by atoms with Crippen LogP contribution in [0.15, 0.2) is 42.7 Å². The highest BCUT2D eigenvalue weighted by molar-refractivity contribution is 5.92. The predicted molar refractivity (Wildman–Crippen MR) is 104 cm³/mol. The van der Waals surface area contributed by atoms with Gasteiger partial charge >= 0.3 is 0 Å². The molecule has 6 nitrogen and oxygen atoms in total. The predicted octanol–water partition coefficient (Wildman–Crippen LogP) is 2.54. The summed E-state index contributed by atoms with van der Waals surface area (Å²) in [6.45, 7) is 6.52. The molecule has 142 valence electrons. The van der Waals surface area contributed by atoms with Gasteiger partial charge in [-0.15, -0.1) is 0 Å². The molecule has 0 bridgehead atoms. The van der Waals surface area contributed by atoms with Crippen LogP contribution in [0, 0.1) is 12.3 Å². The third-order valence-corrected chi connectivity index (χ3v) is 5.51. The van der Waals surface area contributed by atoms with Crippen molar-refractivity contribution in [1.82, 2.24) is 14.9 Å². The molecule has 2 aromatic heterocycles. The molecular weight excluding hydrogens is 340 g/mol. The van der Waals surface area contributed by atoms with Crippen LogP contribution in [0.4, 0.5) is 5.69 Å². The zero-order valence-electron chi connectivity index (χ0n) is 15.8. The lowest BCUT2D eigenvalue weighted by Crippen LogP contribution is -2.52. The number of aryl methyl sites for hydroxylation is 1. The van der Waals surface area contributed by atoms with Gasteiger partial charge in [-0.25, -0.2) is 4.98 Å². The summed E-state index contributed by atoms with van der Waals surface area (Å²) in [6, 6.07) is 9.68. The molecule has 2 aliphatic heterocycles. The van der Waals surface area contributed by atoms with Crippen LogP contribution in [0.3, 0.4) is 0 Å². The fraction of sp³-hybridized carbons (Fsp3) is 0.476. The molecule has 1 spiro atoms. The molecule has 6 heteroatoms. The van der Waals surface area contributed by atoms with Crippen molar-refractivity contribution in [3.63, 3.8) is 0 Å². The van der Waals surface area contributed by atoms with E-state index in [-0.39, 0.29) is 11.3 Å². The number of ether oxygens (including phenoxy) is 1. The van der Waals surface area contributed by atoms with Crippen LogP contribution < -0.4 is 4.90 Å². The summed E-state index contributed by atoms with van der Waals surface area (Å²) in [6.07, 6.45) is 5.75. The van der Waals surface area contributed by atoms with Crippen LogP contribution >= 0.6 is 0 Å². The van der Waals surface area contributed by atoms with Gasteiger partial charge in [0.05, 0.1) is 25.1 Å². The van der Waals surface area contributed by atoms with E-state index >= 15 is 0 Å². The van der Waals surface area contributed by atoms with Gasteiger partial charge in [0.2, 0.25) is 0 Å². The summed E-state index contributed by atoms with van der Waals surface area (Å²) in [5.74, 6) is 0.0231. The van der Waals surface area contributed by atoms with Crippen molar-refractivity contribution in [2.24, 2.45) is 5.41 Å². The maximum Gasteiger partial charge on any atom is 0.272 e. The van der Waals surface area contributed by atoms with Crippen LogP contribution in [0.2, 0.25) is 0 Å². The summed E-state index contributed by atoms with van der Waals surface area (Å²) >= 11 is 0. The molecule has 1 atom stereocenters. The Balaban J connectivity index is 1.54. The Morgan fingerprint density at radius 1 is 1.19 bits per heavy atom. The number of pyridine rings is 2. The van der Waals surface area contributed by atoms with Crippen LogP contribution in [0.5, 0.6) is 0 Å². The minimum atomic E-state index is -0.0515. The number of carbonyl (C=O) groups is 1. The van der Waals surface area contributed by atoms with Gasteiger partial charge < -0.3 is 14.5 Å². The van der Waals surface area contributed by atoms with E-state index in [9.17, 15) is 4.79 Å². The van der Waals surface area contributed by atoms with E-state index in [4.69, 9.17) is 4.74 Å². The second-order valence-electron chi connectivity index (χ2n) is 7.68. The van der Waals surface area contributed by atoms with Crippen molar-refractivity contribution >= 4 is 11.6 Å². The van der Waals surface area contributed by atoms with Crippen LogP contribution in [-0.4, -0.2) is 60.2 Å². The molecule has 2 saturated heterocycles. The van der Waals surface area contributed by atoms with Gasteiger partial charge in [0.15, 0.2) is 0 Å². The molecule has 2 aliphatic rings. The Labute approximate surface area is 160 Å². The normalized spacial score (nSPS) is 23.3. The Morgan fingerprint density at radius 2 is 2.11 bits per heavy atom. The van der Waals surface area contributed by atoms with E-state index in [1.807, 2.05) is 42.3 Å². The molecule has 2 fully saturated rings. The summed E-state index contributed by atoms with van der Waals surface area (Å²) in [7, 11) is 0. The third kappa shape index (κ3) is 3.95. The molecular formula is C21H26N4O2. The zero-order chi connectivity index (χ0) is 18.7. The Bertz CT molecular complexity index is 798. The first-order valence-electron chi connectivity index (χ1n) is 9.61. The van der Waals surface area contributed by atoms with Gasteiger partial charge in [0, 0.05) is 43.5 Å². The minimum Gasteiger partial charge on any atom is -0.379 e. The van der Waals surface area contributed by atoms with Crippen molar-refractivity contribution in [1.29, 1.82) is 0 Å². The van der Waals surface area contributed by atoms with E-state index in [1.54, 1.807) is 6.20 Å². The summed E-state index contributed by atoms with van der Waals surface area (Å²) in [5, 5.41) is 0. The van der Waals surface area contributed by atoms with E-state index < -0.39 is 0 Å². The number of piperidine rings is 1. The van der Waals surface area contributed by atoms with Gasteiger partial charge in [0.1, 0.15) is 5.69 Å². The number of likely N-dealkylation sites (tertiary alicyclic amines) is 1. The van der Waals surface area contributed by atoms with Gasteiger partial charge in [-0.3, -0.25) is 9.78 Å². The number of amides is 1. The van der Waals surface area contributed by atoms with E-state index in [2.05, 4.69) is 20.9 Å². The SMILES string of the molecule is Cc1cccc(C(=O)N2CCC[C@]3(COCCN(c4cccnc4)C3)C2)n1. The van der Waals surface area contributed by atoms with Crippen LogP contribution in [-0.2, 0) is 4.74 Å². The first-order valence-corrected chi connectivity index (χ1v) is 9.61. The number of anilines is 1. The van der Waals surface area contributed by atoms with Gasteiger partial charge in [-0.1, -0.05) is 6.07 Å². The van der Waals surface area contributed by atoms with Crippen molar-refractivity contribution in [2.45, 2.75) is 19.8 Å². The largest absolute Gasteiger partial charge is 0.379 e.